The Hall–Kier alpha value is -2.41. The smallest absolute Gasteiger partial charge is 0.188 e. The van der Waals surface area contributed by atoms with Crippen molar-refractivity contribution in [3.63, 3.8) is 0 Å². The predicted molar refractivity (Wildman–Crippen MR) is 532 cm³/mol. The predicted octanol–water partition coefficient (Wildman–Crippen LogP) is 23.1. The van der Waals surface area contributed by atoms with E-state index in [-0.39, 0.29) is 60.4 Å². The molecular formula is C105H146O5S10+6. The van der Waals surface area contributed by atoms with Crippen LogP contribution in [-0.2, 0) is 123 Å². The summed E-state index contributed by atoms with van der Waals surface area (Å²) in [6.07, 6.45) is 25.6. The fraction of sp³-hybridized carbons (Fsp3) is 0.629. The van der Waals surface area contributed by atoms with Crippen molar-refractivity contribution in [1.29, 1.82) is 0 Å². The summed E-state index contributed by atoms with van der Waals surface area (Å²) in [5.41, 5.74) is 9.88. The van der Waals surface area contributed by atoms with Crippen molar-refractivity contribution in [2.75, 3.05) is 46.0 Å². The second-order valence-corrected chi connectivity index (χ2v) is 65.6. The summed E-state index contributed by atoms with van der Waals surface area (Å²) >= 11 is 4.00. The molecule has 120 heavy (non-hydrogen) atoms. The van der Waals surface area contributed by atoms with Gasteiger partial charge in [-0.2, -0.15) is 23.5 Å². The Labute approximate surface area is 755 Å². The normalized spacial score (nSPS) is 36.1. The average molecular weight is 1810 g/mol. The molecule has 11 saturated heterocycles. The number of hydrogen-bond acceptors (Lipinski definition) is 7. The van der Waals surface area contributed by atoms with Gasteiger partial charge in [0.1, 0.15) is 63.9 Å². The van der Waals surface area contributed by atoms with Crippen LogP contribution < -0.4 is 0 Å². The van der Waals surface area contributed by atoms with Crippen LogP contribution in [0.5, 0.6) is 0 Å². The molecular weight excluding hydrogens is 1660 g/mol. The van der Waals surface area contributed by atoms with Gasteiger partial charge in [0, 0.05) is 144 Å². The van der Waals surface area contributed by atoms with Crippen molar-refractivity contribution in [2.24, 2.45) is 35.5 Å². The highest BCUT2D eigenvalue weighted by Gasteiger charge is 2.63. The summed E-state index contributed by atoms with van der Waals surface area (Å²) in [4.78, 5) is 21.7. The van der Waals surface area contributed by atoms with Crippen molar-refractivity contribution in [1.82, 2.24) is 0 Å². The SMILES string of the molecule is CC(C)(C)c1ccc([S+]2C3C=CC2CC3)cc1.CC(C)(C)c1ccc([S+]2C3CC4CC(C3)C(=O)C2C4)cc1.CC(C)(C)c1ccc([S+]2C3CC4CC(C3)C(O)C2C4)cc1.CC(C)(C)c1ccc([S+]2C3CC4CC(C3)CC2C4)cc1.CC(C)(C)c1ccc([S+]2C3CSCC2CS(=O)(=O)C3)cc1.CC(C)(C)c1ccc([S+]2C3CSCC2CS(=O)C3)cc1. The number of Topliss-reactive ketones (excluding diaryl/α,β-unsaturated/α-hetero) is 1. The summed E-state index contributed by atoms with van der Waals surface area (Å²) < 4.78 is 36.0. The topological polar surface area (TPSA) is 88.5 Å². The third kappa shape index (κ3) is 20.3. The van der Waals surface area contributed by atoms with Crippen LogP contribution in [0.25, 0.3) is 0 Å². The monoisotopic (exact) mass is 1810 g/mol. The number of ketones is 1. The van der Waals surface area contributed by atoms with E-state index < -0.39 is 20.6 Å². The summed E-state index contributed by atoms with van der Waals surface area (Å²) in [5.74, 6) is 12.6. The third-order valence-electron chi connectivity index (χ3n) is 29.5. The minimum Gasteiger partial charge on any atom is -0.388 e. The summed E-state index contributed by atoms with van der Waals surface area (Å²) in [6.45, 7) is 40.9. The lowest BCUT2D eigenvalue weighted by Gasteiger charge is -2.50. The number of carbonyl (C=O) groups is 1. The Kier molecular flexibility index (Phi) is 27.4. The van der Waals surface area contributed by atoms with Crippen LogP contribution in [0.2, 0.25) is 0 Å². The number of sulfone groups is 1. The minimum atomic E-state index is -2.82. The van der Waals surface area contributed by atoms with E-state index in [2.05, 4.69) is 294 Å². The lowest BCUT2D eigenvalue weighted by molar-refractivity contribution is -0.127. The van der Waals surface area contributed by atoms with E-state index in [1.54, 1.807) is 16.2 Å². The summed E-state index contributed by atoms with van der Waals surface area (Å²) in [6, 6.07) is 56.0. The highest BCUT2D eigenvalue weighted by Crippen LogP contribution is 2.57. The molecule has 0 spiro atoms. The number of hydrogen-bond donors (Lipinski definition) is 1. The van der Waals surface area contributed by atoms with E-state index in [1.165, 1.54) is 154 Å². The van der Waals surface area contributed by atoms with Crippen LogP contribution in [0.15, 0.2) is 187 Å². The highest BCUT2D eigenvalue weighted by atomic mass is 32.2. The van der Waals surface area contributed by atoms with Gasteiger partial charge in [-0.1, -0.05) is 197 Å². The maximum absolute atomic E-state index is 12.6. The van der Waals surface area contributed by atoms with E-state index in [9.17, 15) is 22.5 Å². The van der Waals surface area contributed by atoms with E-state index in [0.717, 1.165) is 78.2 Å². The lowest BCUT2D eigenvalue weighted by Crippen LogP contribution is -2.59. The molecule has 0 radical (unpaired) electrons. The van der Waals surface area contributed by atoms with Crippen LogP contribution in [-0.4, -0.2) is 139 Å². The van der Waals surface area contributed by atoms with Crippen LogP contribution in [0.1, 0.15) is 254 Å². The fourth-order valence-electron chi connectivity index (χ4n) is 23.4. The number of thioether (sulfide) groups is 2. The van der Waals surface area contributed by atoms with Crippen LogP contribution in [0.3, 0.4) is 0 Å². The molecule has 18 bridgehead atoms. The molecule has 0 aromatic heterocycles. The molecule has 18 aliphatic rings. The maximum atomic E-state index is 12.6. The molecule has 0 amide bonds. The molecule has 6 aromatic rings. The first-order valence-corrected chi connectivity index (χ1v) is 59.9. The van der Waals surface area contributed by atoms with E-state index in [1.807, 2.05) is 11.8 Å². The molecule has 650 valence electrons. The number of rotatable bonds is 6. The second kappa shape index (κ2) is 36.1. The van der Waals surface area contributed by atoms with Gasteiger partial charge in [-0.05, 0) is 238 Å². The van der Waals surface area contributed by atoms with E-state index in [4.69, 9.17) is 0 Å². The Morgan fingerprint density at radius 3 is 1.00 bits per heavy atom. The minimum absolute atomic E-state index is 0.0246. The molecule has 17 fully saturated rings. The molecule has 5 nitrogen and oxygen atoms in total. The standard InChI is InChI=1S/C19H27OS.C19H25OS.C19H27S.C16H23O2S3.C16H23OS3.C16H21S/c2*1-19(2,3)14-4-6-15(7-5-14)21-16-9-12-8-13(11-16)18(20)17(21)10-12;1-19(2,3)15-4-6-16(7-5-15)20-17-9-13-8-14(11-17)12-18(20)10-13;1-16(2,3)12-4-6-13(7-5-12)20-14-8-19-9-15(20)11-21(17,18)10-14;1-16(2,3)12-4-6-13(7-5-12)20-14-8-18-9-15(20)11-19(17)10-14;1-16(2,3)12-4-6-13(7-5-12)17-14-8-9-15(17)11-10-14/h4-7,12-13,16-18,20H,8-11H2,1-3H3;4-7,12-13,16-17H,8-11H2,1-3H3;4-7,13-14,17-18H,8-12H2,1-3H3;4-7,14-15H,8-11H2,1-3H3;4-7,14-15H,8-11H2,1-3H3;4-9,14-15H,10-11H2,1-3H3/q6*+1. The lowest BCUT2D eigenvalue weighted by atomic mass is 9.70. The molecule has 1 N–H and O–H groups in total. The van der Waals surface area contributed by atoms with E-state index >= 15 is 0 Å². The van der Waals surface area contributed by atoms with Crippen molar-refractivity contribution in [3.8, 4) is 0 Å². The van der Waals surface area contributed by atoms with Gasteiger partial charge < -0.3 is 5.11 Å². The zero-order valence-corrected chi connectivity index (χ0v) is 84.1. The van der Waals surface area contributed by atoms with Crippen LogP contribution >= 0.6 is 23.5 Å². The number of fused-ring (bicyclic) bond motifs is 6. The number of benzene rings is 6. The summed E-state index contributed by atoms with van der Waals surface area (Å²) in [7, 11) is -1.41. The second-order valence-electron chi connectivity index (χ2n) is 44.7. The van der Waals surface area contributed by atoms with Gasteiger partial charge in [0.15, 0.2) is 50.2 Å². The molecule has 15 heteroatoms. The largest absolute Gasteiger partial charge is 0.388 e. The molecule has 12 aliphatic heterocycles. The molecule has 17 atom stereocenters. The van der Waals surface area contributed by atoms with Crippen LogP contribution in [0, 0.1) is 35.5 Å². The number of aliphatic hydroxyl groups is 1. The molecule has 6 aliphatic carbocycles. The van der Waals surface area contributed by atoms with Gasteiger partial charge in [0.2, 0.25) is 0 Å². The van der Waals surface area contributed by atoms with Gasteiger partial charge in [-0.25, -0.2) is 8.42 Å². The first kappa shape index (κ1) is 90.9. The van der Waals surface area contributed by atoms with Gasteiger partial charge >= 0.3 is 0 Å². The van der Waals surface area contributed by atoms with Gasteiger partial charge in [-0.15, -0.1) is 0 Å². The zero-order valence-electron chi connectivity index (χ0n) is 75.9. The Morgan fingerprint density at radius 1 is 0.333 bits per heavy atom. The van der Waals surface area contributed by atoms with Crippen molar-refractivity contribution in [2.45, 2.75) is 352 Å². The first-order valence-electron chi connectivity index (χ1n) is 46.2. The van der Waals surface area contributed by atoms with E-state index in [0.29, 0.717) is 104 Å². The van der Waals surface area contributed by atoms with Crippen molar-refractivity contribution in [3.05, 3.63) is 191 Å². The summed E-state index contributed by atoms with van der Waals surface area (Å²) in [5, 5.41) is 18.9. The highest BCUT2D eigenvalue weighted by molar-refractivity contribution is 8.08. The average Bonchev–Trinajstić information content (AvgIpc) is 1.77. The van der Waals surface area contributed by atoms with Gasteiger partial charge in [-0.3, -0.25) is 9.00 Å². The Balaban J connectivity index is 0.000000107. The van der Waals surface area contributed by atoms with Crippen molar-refractivity contribution < 1.29 is 22.5 Å². The first-order chi connectivity index (χ1) is 56.6. The quantitative estimate of drug-likeness (QED) is 0.131. The number of carbonyl (C=O) groups excluding carboxylic acids is 1. The van der Waals surface area contributed by atoms with Gasteiger partial charge in [0.05, 0.1) is 23.0 Å². The Morgan fingerprint density at radius 2 is 0.633 bits per heavy atom. The molecule has 17 unspecified atom stereocenters. The Bertz CT molecular complexity index is 4610. The molecule has 6 saturated carbocycles. The molecule has 24 rings (SSSR count). The zero-order chi connectivity index (χ0) is 85.1. The fourth-order valence-corrected chi connectivity index (χ4v) is 53.7. The number of aliphatic hydroxyl groups excluding tert-OH is 1. The molecule has 12 heterocycles. The maximum Gasteiger partial charge on any atom is 0.188 e. The van der Waals surface area contributed by atoms with Crippen molar-refractivity contribution >= 4 is 115 Å². The third-order valence-corrected chi connectivity index (χ3v) is 54.9. The van der Waals surface area contributed by atoms with Crippen LogP contribution in [0.4, 0.5) is 0 Å². The van der Waals surface area contributed by atoms with Gasteiger partial charge in [0.25, 0.3) is 0 Å². The molecule has 6 aromatic carbocycles.